The Morgan fingerprint density at radius 3 is 2.53 bits per heavy atom. The number of aryl methyl sites for hydroxylation is 2. The summed E-state index contributed by atoms with van der Waals surface area (Å²) in [5.41, 5.74) is 5.16. The number of anilines is 1. The number of benzene rings is 1. The molecule has 0 saturated heterocycles. The lowest BCUT2D eigenvalue weighted by atomic mass is 10.1. The molecule has 0 radical (unpaired) electrons. The van der Waals surface area contributed by atoms with Crippen molar-refractivity contribution in [1.82, 2.24) is 25.3 Å². The molecule has 2 aromatic heterocycles. The second-order valence-corrected chi connectivity index (χ2v) is 11.0. The number of rotatable bonds is 11. The molecule has 0 spiro atoms. The molecule has 1 fully saturated rings. The first kappa shape index (κ1) is 27.7. The maximum atomic E-state index is 12.0. The van der Waals surface area contributed by atoms with E-state index in [1.807, 2.05) is 20.9 Å². The zero-order chi connectivity index (χ0) is 27.2. The second kappa shape index (κ2) is 12.5. The third kappa shape index (κ3) is 6.38. The SMILES string of the molecule is CCSc1ccc(CN/C(C=O)=N/c2c(C)nc(-c3c(C)ncnc3C3CC3)nc2N(C)[C@H](C)CC)cc1. The Hall–Kier alpha value is -3.33. The van der Waals surface area contributed by atoms with Gasteiger partial charge < -0.3 is 10.2 Å². The van der Waals surface area contributed by atoms with Gasteiger partial charge in [0, 0.05) is 30.4 Å². The largest absolute Gasteiger partial charge is 0.363 e. The summed E-state index contributed by atoms with van der Waals surface area (Å²) in [5.74, 6) is 3.01. The third-order valence-electron chi connectivity index (χ3n) is 6.93. The molecule has 1 N–H and O–H groups in total. The Balaban J connectivity index is 1.71. The Kier molecular flexibility index (Phi) is 9.09. The predicted octanol–water partition coefficient (Wildman–Crippen LogP) is 5.79. The smallest absolute Gasteiger partial charge is 0.185 e. The summed E-state index contributed by atoms with van der Waals surface area (Å²) in [6.45, 7) is 10.8. The van der Waals surface area contributed by atoms with E-state index in [1.165, 1.54) is 4.90 Å². The van der Waals surface area contributed by atoms with Crippen molar-refractivity contribution in [1.29, 1.82) is 0 Å². The lowest BCUT2D eigenvalue weighted by Gasteiger charge is -2.27. The molecule has 38 heavy (non-hydrogen) atoms. The topological polar surface area (TPSA) is 96.3 Å². The van der Waals surface area contributed by atoms with Crippen molar-refractivity contribution in [2.45, 2.75) is 77.3 Å². The molecule has 2 heterocycles. The van der Waals surface area contributed by atoms with Crippen molar-refractivity contribution in [2.75, 3.05) is 17.7 Å². The Bertz CT molecular complexity index is 1310. The molecule has 0 aliphatic heterocycles. The van der Waals surface area contributed by atoms with E-state index in [0.29, 0.717) is 35.5 Å². The van der Waals surface area contributed by atoms with Crippen molar-refractivity contribution < 1.29 is 4.79 Å². The summed E-state index contributed by atoms with van der Waals surface area (Å²) in [6, 6.07) is 8.56. The van der Waals surface area contributed by atoms with E-state index in [0.717, 1.165) is 53.8 Å². The summed E-state index contributed by atoms with van der Waals surface area (Å²) in [5, 5.41) is 3.19. The van der Waals surface area contributed by atoms with Crippen molar-refractivity contribution in [3.8, 4) is 11.4 Å². The van der Waals surface area contributed by atoms with Crippen LogP contribution in [0.1, 0.15) is 68.6 Å². The van der Waals surface area contributed by atoms with E-state index < -0.39 is 0 Å². The van der Waals surface area contributed by atoms with Gasteiger partial charge in [0.15, 0.2) is 23.8 Å². The van der Waals surface area contributed by atoms with Crippen LogP contribution in [0.3, 0.4) is 0 Å². The van der Waals surface area contributed by atoms with Gasteiger partial charge in [-0.2, -0.15) is 0 Å². The van der Waals surface area contributed by atoms with Crippen molar-refractivity contribution in [3.05, 3.63) is 53.2 Å². The van der Waals surface area contributed by atoms with Crippen LogP contribution in [0.2, 0.25) is 0 Å². The average molecular weight is 532 g/mol. The molecule has 1 saturated carbocycles. The first-order chi connectivity index (χ1) is 18.4. The highest BCUT2D eigenvalue weighted by Gasteiger charge is 2.31. The molecular weight excluding hydrogens is 494 g/mol. The van der Waals surface area contributed by atoms with E-state index in [2.05, 4.69) is 65.2 Å². The number of thioether (sulfide) groups is 1. The van der Waals surface area contributed by atoms with Crippen LogP contribution in [0.25, 0.3) is 11.4 Å². The lowest BCUT2D eigenvalue weighted by molar-refractivity contribution is -0.102. The van der Waals surface area contributed by atoms with E-state index in [1.54, 1.807) is 18.1 Å². The maximum absolute atomic E-state index is 12.0. The zero-order valence-electron chi connectivity index (χ0n) is 23.2. The Morgan fingerprint density at radius 1 is 1.16 bits per heavy atom. The van der Waals surface area contributed by atoms with Crippen LogP contribution in [0.15, 0.2) is 40.5 Å². The van der Waals surface area contributed by atoms with Gasteiger partial charge in [-0.3, -0.25) is 4.79 Å². The third-order valence-corrected chi connectivity index (χ3v) is 7.83. The average Bonchev–Trinajstić information content (AvgIpc) is 3.77. The van der Waals surface area contributed by atoms with Gasteiger partial charge in [-0.1, -0.05) is 26.0 Å². The molecule has 1 aliphatic carbocycles. The number of carbonyl (C=O) groups is 1. The molecule has 200 valence electrons. The van der Waals surface area contributed by atoms with Gasteiger partial charge in [-0.15, -0.1) is 11.8 Å². The minimum Gasteiger partial charge on any atom is -0.363 e. The van der Waals surface area contributed by atoms with Crippen molar-refractivity contribution in [2.24, 2.45) is 4.99 Å². The number of nitrogens with one attached hydrogen (secondary N) is 1. The molecule has 3 aromatic rings. The summed E-state index contributed by atoms with van der Waals surface area (Å²) in [7, 11) is 2.01. The van der Waals surface area contributed by atoms with Crippen molar-refractivity contribution in [3.63, 3.8) is 0 Å². The first-order valence-electron chi connectivity index (χ1n) is 13.3. The molecule has 0 amide bonds. The standard InChI is InChI=1S/C29H37N7OS/c1-7-18(3)36(6)29-26(34-24(16-37)30-15-21-9-13-23(14-10-21)38-8-2)20(5)33-28(35-29)25-19(4)31-17-32-27(25)22-11-12-22/h9-10,13-14,16-18,22H,7-8,11-12,15H2,1-6H3,(H,30,34)/t18-/m1/s1. The lowest BCUT2D eigenvalue weighted by Crippen LogP contribution is -2.30. The fourth-order valence-corrected chi connectivity index (χ4v) is 4.91. The molecule has 1 atom stereocenters. The van der Waals surface area contributed by atoms with Crippen LogP contribution in [0, 0.1) is 13.8 Å². The van der Waals surface area contributed by atoms with E-state index in [4.69, 9.17) is 15.0 Å². The quantitative estimate of drug-likeness (QED) is 0.144. The Labute approximate surface area is 229 Å². The van der Waals surface area contributed by atoms with Gasteiger partial charge >= 0.3 is 0 Å². The van der Waals surface area contributed by atoms with Gasteiger partial charge in [-0.05, 0) is 63.5 Å². The molecule has 4 rings (SSSR count). The number of hydrogen-bond acceptors (Lipinski definition) is 8. The van der Waals surface area contributed by atoms with E-state index >= 15 is 0 Å². The number of amidine groups is 1. The van der Waals surface area contributed by atoms with Crippen LogP contribution in [0.4, 0.5) is 11.5 Å². The molecule has 1 aliphatic rings. The van der Waals surface area contributed by atoms with E-state index in [9.17, 15) is 4.79 Å². The van der Waals surface area contributed by atoms with Crippen LogP contribution in [-0.4, -0.2) is 50.9 Å². The second-order valence-electron chi connectivity index (χ2n) is 9.71. The summed E-state index contributed by atoms with van der Waals surface area (Å²) in [4.78, 5) is 39.1. The number of aromatic nitrogens is 4. The molecule has 8 nitrogen and oxygen atoms in total. The first-order valence-corrected chi connectivity index (χ1v) is 14.3. The summed E-state index contributed by atoms with van der Waals surface area (Å²) >= 11 is 1.80. The van der Waals surface area contributed by atoms with Crippen LogP contribution >= 0.6 is 11.8 Å². The highest BCUT2D eigenvalue weighted by atomic mass is 32.2. The van der Waals surface area contributed by atoms with Gasteiger partial charge in [0.25, 0.3) is 0 Å². The monoisotopic (exact) mass is 531 g/mol. The molecule has 1 aromatic carbocycles. The normalized spacial score (nSPS) is 14.3. The van der Waals surface area contributed by atoms with Gasteiger partial charge in [0.1, 0.15) is 12.0 Å². The van der Waals surface area contributed by atoms with Crippen molar-refractivity contribution >= 4 is 35.4 Å². The number of aliphatic imine (C=N–C) groups is 1. The number of carbonyl (C=O) groups excluding carboxylic acids is 1. The minimum absolute atomic E-state index is 0.217. The van der Waals surface area contributed by atoms with E-state index in [-0.39, 0.29) is 11.9 Å². The van der Waals surface area contributed by atoms with Gasteiger partial charge in [-0.25, -0.2) is 24.9 Å². The number of aldehydes is 1. The minimum atomic E-state index is 0.217. The van der Waals surface area contributed by atoms with Crippen LogP contribution < -0.4 is 10.2 Å². The zero-order valence-corrected chi connectivity index (χ0v) is 24.0. The number of hydrogen-bond donors (Lipinski definition) is 1. The van der Waals surface area contributed by atoms with Crippen LogP contribution in [-0.2, 0) is 11.3 Å². The molecular formula is C29H37N7OS. The highest BCUT2D eigenvalue weighted by Crippen LogP contribution is 2.44. The molecule has 0 unspecified atom stereocenters. The summed E-state index contributed by atoms with van der Waals surface area (Å²) in [6.07, 6.45) is 5.56. The van der Waals surface area contributed by atoms with Crippen LogP contribution in [0.5, 0.6) is 0 Å². The summed E-state index contributed by atoms with van der Waals surface area (Å²) < 4.78 is 0. The maximum Gasteiger partial charge on any atom is 0.185 e. The molecule has 0 bridgehead atoms. The predicted molar refractivity (Wildman–Crippen MR) is 156 cm³/mol. The van der Waals surface area contributed by atoms with Gasteiger partial charge in [0.2, 0.25) is 0 Å². The highest BCUT2D eigenvalue weighted by molar-refractivity contribution is 7.99. The Morgan fingerprint density at radius 2 is 1.89 bits per heavy atom. The fraction of sp³-hybridized carbons (Fsp3) is 0.448. The number of nitrogens with zero attached hydrogens (tertiary/aromatic N) is 6. The fourth-order valence-electron chi connectivity index (χ4n) is 4.25. The molecule has 9 heteroatoms. The van der Waals surface area contributed by atoms with Gasteiger partial charge in [0.05, 0.1) is 22.6 Å².